The van der Waals surface area contributed by atoms with Crippen LogP contribution in [0.1, 0.15) is 40.1 Å². The Morgan fingerprint density at radius 3 is 2.90 bits per heavy atom. The SMILES string of the molecule is CCc1cnc(C(C)NC(=O)c2cccc(N)c2OC)s1. The van der Waals surface area contributed by atoms with Crippen LogP contribution in [0.5, 0.6) is 5.75 Å². The fourth-order valence-corrected chi connectivity index (χ4v) is 2.84. The van der Waals surface area contributed by atoms with Crippen molar-refractivity contribution in [2.45, 2.75) is 26.3 Å². The molecular formula is C15H19N3O2S. The normalized spacial score (nSPS) is 12.0. The van der Waals surface area contributed by atoms with E-state index in [-0.39, 0.29) is 11.9 Å². The van der Waals surface area contributed by atoms with Crippen molar-refractivity contribution < 1.29 is 9.53 Å². The lowest BCUT2D eigenvalue weighted by Crippen LogP contribution is -2.27. The van der Waals surface area contributed by atoms with E-state index >= 15 is 0 Å². The average molecular weight is 305 g/mol. The summed E-state index contributed by atoms with van der Waals surface area (Å²) in [6.07, 6.45) is 2.80. The van der Waals surface area contributed by atoms with Gasteiger partial charge in [-0.2, -0.15) is 0 Å². The van der Waals surface area contributed by atoms with Crippen LogP contribution in [0, 0.1) is 0 Å². The molecule has 21 heavy (non-hydrogen) atoms. The lowest BCUT2D eigenvalue weighted by atomic mass is 10.1. The molecule has 0 aliphatic carbocycles. The number of aromatic nitrogens is 1. The van der Waals surface area contributed by atoms with Gasteiger partial charge in [-0.05, 0) is 25.5 Å². The van der Waals surface area contributed by atoms with Gasteiger partial charge in [-0.1, -0.05) is 13.0 Å². The quantitative estimate of drug-likeness (QED) is 0.833. The topological polar surface area (TPSA) is 77.2 Å². The summed E-state index contributed by atoms with van der Waals surface area (Å²) in [5, 5.41) is 3.82. The van der Waals surface area contributed by atoms with Crippen molar-refractivity contribution >= 4 is 22.9 Å². The van der Waals surface area contributed by atoms with Gasteiger partial charge < -0.3 is 15.8 Å². The molecule has 2 aromatic rings. The van der Waals surface area contributed by atoms with Gasteiger partial charge >= 0.3 is 0 Å². The molecule has 112 valence electrons. The Balaban J connectivity index is 2.16. The van der Waals surface area contributed by atoms with E-state index in [9.17, 15) is 4.79 Å². The highest BCUT2D eigenvalue weighted by molar-refractivity contribution is 7.11. The maximum Gasteiger partial charge on any atom is 0.255 e. The lowest BCUT2D eigenvalue weighted by molar-refractivity contribution is 0.0937. The Morgan fingerprint density at radius 2 is 2.29 bits per heavy atom. The molecule has 0 aliphatic heterocycles. The third kappa shape index (κ3) is 3.33. The number of carbonyl (C=O) groups excluding carboxylic acids is 1. The van der Waals surface area contributed by atoms with Crippen LogP contribution >= 0.6 is 11.3 Å². The molecule has 0 spiro atoms. The van der Waals surface area contributed by atoms with E-state index in [2.05, 4.69) is 17.2 Å². The molecule has 0 saturated heterocycles. The Bertz CT molecular complexity index is 640. The van der Waals surface area contributed by atoms with E-state index in [0.717, 1.165) is 11.4 Å². The monoisotopic (exact) mass is 305 g/mol. The van der Waals surface area contributed by atoms with Crippen molar-refractivity contribution in [3.8, 4) is 5.75 Å². The third-order valence-electron chi connectivity index (χ3n) is 3.13. The Labute approximate surface area is 128 Å². The number of nitrogens with two attached hydrogens (primary N) is 1. The molecule has 0 aliphatic rings. The van der Waals surface area contributed by atoms with Crippen LogP contribution in [0.2, 0.25) is 0 Å². The Kier molecular flexibility index (Phi) is 4.80. The van der Waals surface area contributed by atoms with Crippen LogP contribution < -0.4 is 15.8 Å². The molecule has 1 heterocycles. The van der Waals surface area contributed by atoms with Crippen LogP contribution in [0.3, 0.4) is 0 Å². The molecule has 1 aromatic carbocycles. The number of para-hydroxylation sites is 1. The molecule has 2 rings (SSSR count). The zero-order valence-electron chi connectivity index (χ0n) is 12.3. The second-order valence-electron chi connectivity index (χ2n) is 4.64. The number of thiazole rings is 1. The third-order valence-corrected chi connectivity index (χ3v) is 4.46. The van der Waals surface area contributed by atoms with Crippen molar-refractivity contribution in [2.24, 2.45) is 0 Å². The van der Waals surface area contributed by atoms with Gasteiger partial charge in [-0.25, -0.2) is 4.98 Å². The number of nitrogens with zero attached hydrogens (tertiary/aromatic N) is 1. The average Bonchev–Trinajstić information content (AvgIpc) is 2.95. The number of amides is 1. The molecule has 0 radical (unpaired) electrons. The molecule has 0 fully saturated rings. The highest BCUT2D eigenvalue weighted by Gasteiger charge is 2.18. The largest absolute Gasteiger partial charge is 0.494 e. The summed E-state index contributed by atoms with van der Waals surface area (Å²) in [7, 11) is 1.50. The predicted molar refractivity (Wildman–Crippen MR) is 84.8 cm³/mol. The van der Waals surface area contributed by atoms with Gasteiger partial charge in [0.1, 0.15) is 5.01 Å². The minimum absolute atomic E-state index is 0.158. The van der Waals surface area contributed by atoms with Crippen LogP contribution in [0.4, 0.5) is 5.69 Å². The van der Waals surface area contributed by atoms with Crippen LogP contribution in [-0.2, 0) is 6.42 Å². The summed E-state index contributed by atoms with van der Waals surface area (Å²) in [5.41, 5.74) is 6.69. The maximum absolute atomic E-state index is 12.4. The van der Waals surface area contributed by atoms with E-state index in [0.29, 0.717) is 17.0 Å². The first-order chi connectivity index (χ1) is 10.1. The molecule has 1 amide bonds. The van der Waals surface area contributed by atoms with Crippen molar-refractivity contribution in [1.82, 2.24) is 10.3 Å². The lowest BCUT2D eigenvalue weighted by Gasteiger charge is -2.14. The number of ether oxygens (including phenoxy) is 1. The van der Waals surface area contributed by atoms with Gasteiger partial charge in [0.05, 0.1) is 24.4 Å². The molecule has 6 heteroatoms. The van der Waals surface area contributed by atoms with Crippen molar-refractivity contribution in [2.75, 3.05) is 12.8 Å². The number of methoxy groups -OCH3 is 1. The zero-order valence-corrected chi connectivity index (χ0v) is 13.2. The van der Waals surface area contributed by atoms with Crippen LogP contribution in [-0.4, -0.2) is 18.0 Å². The summed E-state index contributed by atoms with van der Waals surface area (Å²) in [6.45, 7) is 3.99. The molecule has 3 N–H and O–H groups in total. The van der Waals surface area contributed by atoms with Gasteiger partial charge in [0, 0.05) is 11.1 Å². The highest BCUT2D eigenvalue weighted by Crippen LogP contribution is 2.27. The first-order valence-electron chi connectivity index (χ1n) is 6.74. The standard InChI is InChI=1S/C15H19N3O2S/c1-4-10-8-17-15(21-10)9(2)18-14(19)11-6-5-7-12(16)13(11)20-3/h5-9H,4,16H2,1-3H3,(H,18,19). The summed E-state index contributed by atoms with van der Waals surface area (Å²) >= 11 is 1.61. The number of benzene rings is 1. The Morgan fingerprint density at radius 1 is 1.52 bits per heavy atom. The van der Waals surface area contributed by atoms with Crippen LogP contribution in [0.15, 0.2) is 24.4 Å². The number of anilines is 1. The smallest absolute Gasteiger partial charge is 0.255 e. The number of aryl methyl sites for hydroxylation is 1. The predicted octanol–water partition coefficient (Wildman–Crippen LogP) is 2.79. The first-order valence-corrected chi connectivity index (χ1v) is 7.56. The molecule has 0 saturated carbocycles. The summed E-state index contributed by atoms with van der Waals surface area (Å²) in [6, 6.07) is 4.97. The highest BCUT2D eigenvalue weighted by atomic mass is 32.1. The van der Waals surface area contributed by atoms with Gasteiger partial charge in [0.2, 0.25) is 0 Å². The molecule has 5 nitrogen and oxygen atoms in total. The summed E-state index contributed by atoms with van der Waals surface area (Å²) < 4.78 is 5.21. The van der Waals surface area contributed by atoms with Crippen LogP contribution in [0.25, 0.3) is 0 Å². The number of nitrogens with one attached hydrogen (secondary N) is 1. The van der Waals surface area contributed by atoms with Crippen molar-refractivity contribution in [3.05, 3.63) is 39.8 Å². The minimum atomic E-state index is -0.222. The van der Waals surface area contributed by atoms with Gasteiger partial charge in [0.15, 0.2) is 5.75 Å². The van der Waals surface area contributed by atoms with E-state index < -0.39 is 0 Å². The summed E-state index contributed by atoms with van der Waals surface area (Å²) in [4.78, 5) is 17.9. The zero-order chi connectivity index (χ0) is 15.4. The number of carbonyl (C=O) groups is 1. The number of rotatable bonds is 5. The molecule has 1 unspecified atom stereocenters. The fraction of sp³-hybridized carbons (Fsp3) is 0.333. The fourth-order valence-electron chi connectivity index (χ4n) is 1.98. The van der Waals surface area contributed by atoms with Gasteiger partial charge in [0.25, 0.3) is 5.91 Å². The van der Waals surface area contributed by atoms with Crippen molar-refractivity contribution in [3.63, 3.8) is 0 Å². The number of hydrogen-bond donors (Lipinski definition) is 2. The maximum atomic E-state index is 12.4. The van der Waals surface area contributed by atoms with E-state index in [4.69, 9.17) is 10.5 Å². The van der Waals surface area contributed by atoms with Gasteiger partial charge in [-0.3, -0.25) is 4.79 Å². The Hall–Kier alpha value is -2.08. The summed E-state index contributed by atoms with van der Waals surface area (Å²) in [5.74, 6) is 0.176. The molecule has 1 aromatic heterocycles. The van der Waals surface area contributed by atoms with Gasteiger partial charge in [-0.15, -0.1) is 11.3 Å². The minimum Gasteiger partial charge on any atom is -0.494 e. The number of nitrogen functional groups attached to an aromatic ring is 1. The molecular weight excluding hydrogens is 286 g/mol. The van der Waals surface area contributed by atoms with E-state index in [1.54, 1.807) is 29.5 Å². The van der Waals surface area contributed by atoms with Crippen molar-refractivity contribution in [1.29, 1.82) is 0 Å². The van der Waals surface area contributed by atoms with E-state index in [1.165, 1.54) is 12.0 Å². The van der Waals surface area contributed by atoms with E-state index in [1.807, 2.05) is 13.1 Å². The second-order valence-corrected chi connectivity index (χ2v) is 5.79. The first kappa shape index (κ1) is 15.3. The molecule has 1 atom stereocenters. The number of hydrogen-bond acceptors (Lipinski definition) is 5. The second kappa shape index (κ2) is 6.58. The molecule has 0 bridgehead atoms.